The van der Waals surface area contributed by atoms with Crippen molar-refractivity contribution >= 4 is 17.7 Å². The van der Waals surface area contributed by atoms with Crippen molar-refractivity contribution < 1.29 is 9.53 Å². The van der Waals surface area contributed by atoms with Crippen molar-refractivity contribution in [1.82, 2.24) is 4.90 Å². The third-order valence-electron chi connectivity index (χ3n) is 3.72. The number of likely N-dealkylation sites (tertiary alicyclic amines) is 1. The number of benzene rings is 1. The molecule has 21 heavy (non-hydrogen) atoms. The van der Waals surface area contributed by atoms with Gasteiger partial charge in [0, 0.05) is 24.0 Å². The Kier molecular flexibility index (Phi) is 6.39. The van der Waals surface area contributed by atoms with Crippen LogP contribution in [0.25, 0.3) is 0 Å². The van der Waals surface area contributed by atoms with Crippen LogP contribution in [0.3, 0.4) is 0 Å². The van der Waals surface area contributed by atoms with E-state index in [0.29, 0.717) is 18.9 Å². The average molecular weight is 308 g/mol. The van der Waals surface area contributed by atoms with Crippen molar-refractivity contribution in [3.05, 3.63) is 24.3 Å². The van der Waals surface area contributed by atoms with E-state index < -0.39 is 0 Å². The molecular formula is C16H24N2O2S. The molecule has 1 unspecified atom stereocenters. The van der Waals surface area contributed by atoms with Gasteiger partial charge in [-0.2, -0.15) is 0 Å². The molecule has 0 radical (unpaired) electrons. The second-order valence-corrected chi connectivity index (χ2v) is 6.21. The number of piperidine rings is 1. The molecule has 0 bridgehead atoms. The Morgan fingerprint density at radius 3 is 2.81 bits per heavy atom. The molecule has 1 atom stereocenters. The summed E-state index contributed by atoms with van der Waals surface area (Å²) in [4.78, 5) is 15.4. The van der Waals surface area contributed by atoms with Crippen molar-refractivity contribution in [1.29, 1.82) is 0 Å². The topological polar surface area (TPSA) is 55.6 Å². The van der Waals surface area contributed by atoms with Crippen LogP contribution in [0.4, 0.5) is 0 Å². The number of carbonyl (C=O) groups is 1. The molecule has 0 aliphatic carbocycles. The molecule has 0 spiro atoms. The van der Waals surface area contributed by atoms with Crippen LogP contribution >= 0.6 is 11.8 Å². The monoisotopic (exact) mass is 308 g/mol. The lowest BCUT2D eigenvalue weighted by Gasteiger charge is -2.35. The van der Waals surface area contributed by atoms with Crippen LogP contribution in [0.5, 0.6) is 5.75 Å². The van der Waals surface area contributed by atoms with E-state index >= 15 is 0 Å². The van der Waals surface area contributed by atoms with Gasteiger partial charge in [0.2, 0.25) is 5.91 Å². The maximum atomic E-state index is 12.3. The molecule has 116 valence electrons. The van der Waals surface area contributed by atoms with Crippen LogP contribution < -0.4 is 10.5 Å². The molecule has 4 nitrogen and oxygen atoms in total. The fraction of sp³-hybridized carbons (Fsp3) is 0.562. The standard InChI is InChI=1S/C16H24N2O2S/c1-2-20-14-6-8-15(9-7-14)21-12-16(19)18-10-4-3-5-13(18)11-17/h6-9,13H,2-5,10-12,17H2,1H3. The number of hydrogen-bond acceptors (Lipinski definition) is 4. The Morgan fingerprint density at radius 1 is 1.38 bits per heavy atom. The molecule has 2 rings (SSSR count). The number of amides is 1. The summed E-state index contributed by atoms with van der Waals surface area (Å²) in [6.45, 7) is 4.05. The molecule has 5 heteroatoms. The molecule has 1 aromatic carbocycles. The summed E-state index contributed by atoms with van der Waals surface area (Å²) in [5.74, 6) is 1.54. The lowest BCUT2D eigenvalue weighted by molar-refractivity contribution is -0.131. The van der Waals surface area contributed by atoms with Crippen molar-refractivity contribution in [3.63, 3.8) is 0 Å². The van der Waals surface area contributed by atoms with E-state index in [0.717, 1.165) is 30.0 Å². The van der Waals surface area contributed by atoms with E-state index in [4.69, 9.17) is 10.5 Å². The van der Waals surface area contributed by atoms with Crippen molar-refractivity contribution in [2.45, 2.75) is 37.1 Å². The van der Waals surface area contributed by atoms with Crippen LogP contribution in [0, 0.1) is 0 Å². The number of nitrogens with two attached hydrogens (primary N) is 1. The quantitative estimate of drug-likeness (QED) is 0.821. The molecule has 1 saturated heterocycles. The molecule has 1 aliphatic heterocycles. The highest BCUT2D eigenvalue weighted by Gasteiger charge is 2.25. The fourth-order valence-electron chi connectivity index (χ4n) is 2.60. The van der Waals surface area contributed by atoms with E-state index in [-0.39, 0.29) is 11.9 Å². The van der Waals surface area contributed by atoms with Crippen LogP contribution in [0.1, 0.15) is 26.2 Å². The van der Waals surface area contributed by atoms with Gasteiger partial charge >= 0.3 is 0 Å². The summed E-state index contributed by atoms with van der Waals surface area (Å²) in [7, 11) is 0. The van der Waals surface area contributed by atoms with Gasteiger partial charge in [0.25, 0.3) is 0 Å². The summed E-state index contributed by atoms with van der Waals surface area (Å²) in [5, 5.41) is 0. The number of nitrogens with zero attached hydrogens (tertiary/aromatic N) is 1. The van der Waals surface area contributed by atoms with Crippen LogP contribution in [-0.4, -0.2) is 42.3 Å². The number of hydrogen-bond donors (Lipinski definition) is 1. The minimum atomic E-state index is 0.198. The first-order chi connectivity index (χ1) is 10.2. The molecule has 1 aromatic rings. The van der Waals surface area contributed by atoms with Gasteiger partial charge in [-0.25, -0.2) is 0 Å². The fourth-order valence-corrected chi connectivity index (χ4v) is 3.39. The summed E-state index contributed by atoms with van der Waals surface area (Å²) >= 11 is 1.57. The van der Waals surface area contributed by atoms with E-state index in [9.17, 15) is 4.79 Å². The lowest BCUT2D eigenvalue weighted by Crippen LogP contribution is -2.48. The number of ether oxygens (including phenoxy) is 1. The van der Waals surface area contributed by atoms with Gasteiger partial charge in [-0.3, -0.25) is 4.79 Å². The van der Waals surface area contributed by atoms with E-state index in [1.165, 1.54) is 6.42 Å². The summed E-state index contributed by atoms with van der Waals surface area (Å²) in [6.07, 6.45) is 3.31. The molecule has 1 aliphatic rings. The molecule has 0 saturated carbocycles. The first-order valence-electron chi connectivity index (χ1n) is 7.59. The number of rotatable bonds is 6. The van der Waals surface area contributed by atoms with Crippen molar-refractivity contribution in [2.24, 2.45) is 5.73 Å². The maximum Gasteiger partial charge on any atom is 0.233 e. The van der Waals surface area contributed by atoms with Crippen molar-refractivity contribution in [3.8, 4) is 5.75 Å². The van der Waals surface area contributed by atoms with Gasteiger partial charge < -0.3 is 15.4 Å². The third kappa shape index (κ3) is 4.64. The predicted octanol–water partition coefficient (Wildman–Crippen LogP) is 2.52. The normalized spacial score (nSPS) is 18.6. The molecule has 1 amide bonds. The minimum Gasteiger partial charge on any atom is -0.494 e. The van der Waals surface area contributed by atoms with Crippen LogP contribution in [0.15, 0.2) is 29.2 Å². The Labute approximate surface area is 131 Å². The van der Waals surface area contributed by atoms with Gasteiger partial charge in [0.15, 0.2) is 0 Å². The Bertz CT molecular complexity index is 450. The van der Waals surface area contributed by atoms with E-state index in [1.54, 1.807) is 11.8 Å². The van der Waals surface area contributed by atoms with Crippen LogP contribution in [0.2, 0.25) is 0 Å². The van der Waals surface area contributed by atoms with E-state index in [1.807, 2.05) is 36.1 Å². The van der Waals surface area contributed by atoms with Gasteiger partial charge in [-0.15, -0.1) is 11.8 Å². The highest BCUT2D eigenvalue weighted by molar-refractivity contribution is 8.00. The second kappa shape index (κ2) is 8.29. The maximum absolute atomic E-state index is 12.3. The van der Waals surface area contributed by atoms with Gasteiger partial charge in [0.1, 0.15) is 5.75 Å². The van der Waals surface area contributed by atoms with E-state index in [2.05, 4.69) is 0 Å². The zero-order valence-corrected chi connectivity index (χ0v) is 13.4. The zero-order valence-electron chi connectivity index (χ0n) is 12.6. The van der Waals surface area contributed by atoms with Gasteiger partial charge in [-0.05, 0) is 50.5 Å². The Balaban J connectivity index is 1.85. The summed E-state index contributed by atoms with van der Waals surface area (Å²) < 4.78 is 5.41. The summed E-state index contributed by atoms with van der Waals surface area (Å²) in [5.41, 5.74) is 5.77. The first kappa shape index (κ1) is 16.2. The lowest BCUT2D eigenvalue weighted by atomic mass is 10.0. The van der Waals surface area contributed by atoms with Crippen LogP contribution in [-0.2, 0) is 4.79 Å². The van der Waals surface area contributed by atoms with Gasteiger partial charge in [0.05, 0.1) is 12.4 Å². The Morgan fingerprint density at radius 2 is 2.14 bits per heavy atom. The molecule has 1 fully saturated rings. The highest BCUT2D eigenvalue weighted by Crippen LogP contribution is 2.23. The molecule has 2 N–H and O–H groups in total. The summed E-state index contributed by atoms with van der Waals surface area (Å²) in [6, 6.07) is 8.12. The van der Waals surface area contributed by atoms with Crippen molar-refractivity contribution in [2.75, 3.05) is 25.4 Å². The zero-order chi connectivity index (χ0) is 15.1. The minimum absolute atomic E-state index is 0.198. The number of carbonyl (C=O) groups excluding carboxylic acids is 1. The smallest absolute Gasteiger partial charge is 0.233 e. The first-order valence-corrected chi connectivity index (χ1v) is 8.58. The molecule has 0 aromatic heterocycles. The molecular weight excluding hydrogens is 284 g/mol. The van der Waals surface area contributed by atoms with Gasteiger partial charge in [-0.1, -0.05) is 0 Å². The largest absolute Gasteiger partial charge is 0.494 e. The SMILES string of the molecule is CCOc1ccc(SCC(=O)N2CCCCC2CN)cc1. The second-order valence-electron chi connectivity index (χ2n) is 5.17. The highest BCUT2D eigenvalue weighted by atomic mass is 32.2. The predicted molar refractivity (Wildman–Crippen MR) is 86.7 cm³/mol. The average Bonchev–Trinajstić information content (AvgIpc) is 2.54. The Hall–Kier alpha value is -1.20. The molecule has 1 heterocycles. The number of thioether (sulfide) groups is 1. The third-order valence-corrected chi connectivity index (χ3v) is 4.71.